The van der Waals surface area contributed by atoms with E-state index in [0.29, 0.717) is 36.6 Å². The smallest absolute Gasteiger partial charge is 0.127 e. The average Bonchev–Trinajstić information content (AvgIpc) is 2.26. The summed E-state index contributed by atoms with van der Waals surface area (Å²) in [5.74, 6) is -0.381. The first-order chi connectivity index (χ1) is 7.68. The van der Waals surface area contributed by atoms with E-state index in [4.69, 9.17) is 16.3 Å². The molecule has 16 heavy (non-hydrogen) atoms. The maximum Gasteiger partial charge on any atom is 0.127 e. The van der Waals surface area contributed by atoms with Gasteiger partial charge in [0.05, 0.1) is 12.7 Å². The number of hydrogen-bond donors (Lipinski definition) is 1. The monoisotopic (exact) mass is 244 g/mol. The van der Waals surface area contributed by atoms with Crippen molar-refractivity contribution in [1.29, 1.82) is 0 Å². The summed E-state index contributed by atoms with van der Waals surface area (Å²) in [7, 11) is 0. The Hall–Kier alpha value is -0.640. The van der Waals surface area contributed by atoms with Crippen molar-refractivity contribution >= 4 is 11.6 Å². The van der Waals surface area contributed by atoms with Gasteiger partial charge in [0.15, 0.2) is 0 Å². The molecule has 0 unspecified atom stereocenters. The highest BCUT2D eigenvalue weighted by Gasteiger charge is 2.25. The Morgan fingerprint density at radius 3 is 3.00 bits per heavy atom. The molecule has 1 aliphatic rings. The third kappa shape index (κ3) is 2.54. The van der Waals surface area contributed by atoms with Crippen LogP contribution in [-0.4, -0.2) is 24.4 Å². The number of ether oxygens (including phenoxy) is 1. The molecule has 1 fully saturated rings. The van der Waals surface area contributed by atoms with Gasteiger partial charge in [-0.1, -0.05) is 17.7 Å². The first kappa shape index (κ1) is 11.8. The summed E-state index contributed by atoms with van der Waals surface area (Å²) in [4.78, 5) is 0. The van der Waals surface area contributed by atoms with E-state index in [1.54, 1.807) is 12.1 Å². The summed E-state index contributed by atoms with van der Waals surface area (Å²) in [5, 5.41) is 10.2. The van der Waals surface area contributed by atoms with Crippen molar-refractivity contribution in [3.63, 3.8) is 0 Å². The van der Waals surface area contributed by atoms with E-state index >= 15 is 0 Å². The topological polar surface area (TPSA) is 29.5 Å². The van der Waals surface area contributed by atoms with Gasteiger partial charge in [0.2, 0.25) is 0 Å². The van der Waals surface area contributed by atoms with Gasteiger partial charge in [-0.05, 0) is 25.0 Å². The van der Waals surface area contributed by atoms with Crippen molar-refractivity contribution in [2.24, 2.45) is 5.92 Å². The van der Waals surface area contributed by atoms with Crippen molar-refractivity contribution in [2.75, 3.05) is 13.2 Å². The highest BCUT2D eigenvalue weighted by molar-refractivity contribution is 6.31. The highest BCUT2D eigenvalue weighted by Crippen LogP contribution is 2.26. The zero-order valence-electron chi connectivity index (χ0n) is 8.83. The predicted octanol–water partition coefficient (Wildman–Crippen LogP) is 2.42. The molecule has 0 radical (unpaired) electrons. The quantitative estimate of drug-likeness (QED) is 0.866. The summed E-state index contributed by atoms with van der Waals surface area (Å²) in [6.07, 6.45) is 0.605. The number of aliphatic hydroxyl groups is 1. The van der Waals surface area contributed by atoms with Gasteiger partial charge in [-0.3, -0.25) is 0 Å². The first-order valence-corrected chi connectivity index (χ1v) is 5.75. The van der Waals surface area contributed by atoms with Crippen molar-refractivity contribution < 1.29 is 14.2 Å². The lowest BCUT2D eigenvalue weighted by atomic mass is 9.91. The molecule has 1 heterocycles. The lowest BCUT2D eigenvalue weighted by Crippen LogP contribution is -2.33. The van der Waals surface area contributed by atoms with Crippen molar-refractivity contribution in [3.05, 3.63) is 34.6 Å². The minimum absolute atomic E-state index is 0.0665. The molecule has 0 amide bonds. The molecule has 0 aromatic heterocycles. The third-order valence-corrected chi connectivity index (χ3v) is 3.32. The van der Waals surface area contributed by atoms with E-state index in [1.807, 2.05) is 0 Å². The molecule has 1 aliphatic heterocycles. The normalized spacial score (nSPS) is 25.7. The summed E-state index contributed by atoms with van der Waals surface area (Å²) in [5.41, 5.74) is 0.471. The molecule has 2 rings (SSSR count). The van der Waals surface area contributed by atoms with Gasteiger partial charge in [-0.2, -0.15) is 0 Å². The molecule has 88 valence electrons. The number of hydrogen-bond acceptors (Lipinski definition) is 2. The molecular formula is C12H14ClFO2. The molecule has 1 aromatic rings. The van der Waals surface area contributed by atoms with E-state index < -0.39 is 6.10 Å². The Bertz CT molecular complexity index is 350. The van der Waals surface area contributed by atoms with E-state index in [1.165, 1.54) is 6.07 Å². The van der Waals surface area contributed by atoms with Gasteiger partial charge in [0.25, 0.3) is 0 Å². The SMILES string of the molecule is O[C@H]1CCOC[C@H]1Cc1c(F)cccc1Cl. The van der Waals surface area contributed by atoms with Crippen LogP contribution in [0.4, 0.5) is 4.39 Å². The lowest BCUT2D eigenvalue weighted by Gasteiger charge is -2.28. The second-order valence-corrected chi connectivity index (χ2v) is 4.50. The maximum atomic E-state index is 13.5. The molecule has 0 aliphatic carbocycles. The van der Waals surface area contributed by atoms with Gasteiger partial charge < -0.3 is 9.84 Å². The second-order valence-electron chi connectivity index (χ2n) is 4.10. The number of rotatable bonds is 2. The summed E-state index contributed by atoms with van der Waals surface area (Å²) < 4.78 is 18.8. The first-order valence-electron chi connectivity index (χ1n) is 5.37. The summed E-state index contributed by atoms with van der Waals surface area (Å²) >= 11 is 5.93. The Kier molecular flexibility index (Phi) is 3.79. The van der Waals surface area contributed by atoms with E-state index in [9.17, 15) is 9.50 Å². The molecule has 4 heteroatoms. The minimum atomic E-state index is -0.426. The molecule has 1 N–H and O–H groups in total. The number of halogens is 2. The van der Waals surface area contributed by atoms with Crippen molar-refractivity contribution in [2.45, 2.75) is 18.9 Å². The molecule has 0 saturated carbocycles. The van der Waals surface area contributed by atoms with E-state index in [-0.39, 0.29) is 11.7 Å². The Labute approximate surface area is 99.0 Å². The fourth-order valence-electron chi connectivity index (χ4n) is 1.97. The van der Waals surface area contributed by atoms with Gasteiger partial charge in [-0.25, -0.2) is 4.39 Å². The molecule has 2 nitrogen and oxygen atoms in total. The summed E-state index contributed by atoms with van der Waals surface area (Å²) in [6, 6.07) is 4.63. The maximum absolute atomic E-state index is 13.5. The van der Waals surface area contributed by atoms with E-state index in [0.717, 1.165) is 0 Å². The van der Waals surface area contributed by atoms with Gasteiger partial charge in [0, 0.05) is 23.1 Å². The largest absolute Gasteiger partial charge is 0.393 e. The molecule has 1 aromatic carbocycles. The van der Waals surface area contributed by atoms with Crippen LogP contribution in [0.5, 0.6) is 0 Å². The average molecular weight is 245 g/mol. The fraction of sp³-hybridized carbons (Fsp3) is 0.500. The fourth-order valence-corrected chi connectivity index (χ4v) is 2.21. The van der Waals surface area contributed by atoms with Crippen LogP contribution in [0.2, 0.25) is 5.02 Å². The van der Waals surface area contributed by atoms with Crippen LogP contribution in [-0.2, 0) is 11.2 Å². The Morgan fingerprint density at radius 1 is 1.50 bits per heavy atom. The lowest BCUT2D eigenvalue weighted by molar-refractivity contribution is -0.0352. The molecule has 2 atom stereocenters. The van der Waals surface area contributed by atoms with Crippen LogP contribution >= 0.6 is 11.6 Å². The van der Waals surface area contributed by atoms with Crippen LogP contribution in [0.15, 0.2) is 18.2 Å². The molecule has 0 bridgehead atoms. The zero-order valence-corrected chi connectivity index (χ0v) is 9.58. The van der Waals surface area contributed by atoms with Crippen LogP contribution < -0.4 is 0 Å². The molecule has 1 saturated heterocycles. The number of aliphatic hydroxyl groups excluding tert-OH is 1. The third-order valence-electron chi connectivity index (χ3n) is 2.96. The van der Waals surface area contributed by atoms with Crippen LogP contribution in [0.1, 0.15) is 12.0 Å². The number of benzene rings is 1. The Balaban J connectivity index is 2.13. The van der Waals surface area contributed by atoms with Gasteiger partial charge in [0.1, 0.15) is 5.82 Å². The zero-order chi connectivity index (χ0) is 11.5. The standard InChI is InChI=1S/C12H14ClFO2/c13-10-2-1-3-11(14)9(10)6-8-7-16-5-4-12(8)15/h1-3,8,12,15H,4-7H2/t8-,12+/m1/s1. The summed E-state index contributed by atoms with van der Waals surface area (Å²) in [6.45, 7) is 1.04. The predicted molar refractivity (Wildman–Crippen MR) is 60.0 cm³/mol. The van der Waals surface area contributed by atoms with E-state index in [2.05, 4.69) is 0 Å². The molecular weight excluding hydrogens is 231 g/mol. The molecule has 0 spiro atoms. The Morgan fingerprint density at radius 2 is 2.31 bits per heavy atom. The van der Waals surface area contributed by atoms with Crippen LogP contribution in [0, 0.1) is 11.7 Å². The van der Waals surface area contributed by atoms with Crippen molar-refractivity contribution in [3.8, 4) is 0 Å². The van der Waals surface area contributed by atoms with Gasteiger partial charge >= 0.3 is 0 Å². The minimum Gasteiger partial charge on any atom is -0.393 e. The van der Waals surface area contributed by atoms with Gasteiger partial charge in [-0.15, -0.1) is 0 Å². The van der Waals surface area contributed by atoms with Crippen LogP contribution in [0.3, 0.4) is 0 Å². The van der Waals surface area contributed by atoms with Crippen molar-refractivity contribution in [1.82, 2.24) is 0 Å². The van der Waals surface area contributed by atoms with Crippen LogP contribution in [0.25, 0.3) is 0 Å². The second kappa shape index (κ2) is 5.13. The highest BCUT2D eigenvalue weighted by atomic mass is 35.5.